The van der Waals surface area contributed by atoms with Gasteiger partial charge in [-0.2, -0.15) is 12.6 Å². The van der Waals surface area contributed by atoms with Gasteiger partial charge in [-0.15, -0.1) is 6.42 Å². The van der Waals surface area contributed by atoms with Crippen LogP contribution in [0.2, 0.25) is 0 Å². The van der Waals surface area contributed by atoms with E-state index in [1.54, 1.807) is 0 Å². The molecule has 0 saturated carbocycles. The van der Waals surface area contributed by atoms with Gasteiger partial charge >= 0.3 is 0 Å². The molecule has 0 radical (unpaired) electrons. The van der Waals surface area contributed by atoms with Crippen LogP contribution in [0.25, 0.3) is 0 Å². The van der Waals surface area contributed by atoms with Gasteiger partial charge in [0.05, 0.1) is 59.5 Å². The molecule has 0 atom stereocenters. The Morgan fingerprint density at radius 2 is 1.00 bits per heavy atom. The third-order valence-corrected chi connectivity index (χ3v) is 2.09. The number of rotatable bonds is 15. The molecule has 0 heterocycles. The van der Waals surface area contributed by atoms with E-state index in [1.165, 1.54) is 0 Å². The predicted molar refractivity (Wildman–Crippen MR) is 76.8 cm³/mol. The van der Waals surface area contributed by atoms with E-state index < -0.39 is 0 Å². The first-order chi connectivity index (χ1) is 9.41. The van der Waals surface area contributed by atoms with Crippen molar-refractivity contribution >= 4 is 12.6 Å². The fourth-order valence-electron chi connectivity index (χ4n) is 1.08. The van der Waals surface area contributed by atoms with Crippen molar-refractivity contribution in [2.75, 3.05) is 71.8 Å². The molecule has 0 amide bonds. The Kier molecular flexibility index (Phi) is 17.4. The standard InChI is InChI=1S/C13H24O5S/c1-2-3-14-4-5-15-6-7-16-8-9-17-10-11-18-12-13-19/h1,19H,3-13H2. The summed E-state index contributed by atoms with van der Waals surface area (Å²) in [6, 6.07) is 0. The second-order valence-corrected chi connectivity index (χ2v) is 3.88. The van der Waals surface area contributed by atoms with Crippen LogP contribution >= 0.6 is 12.6 Å². The number of hydrogen-bond acceptors (Lipinski definition) is 6. The first-order valence-electron chi connectivity index (χ1n) is 6.35. The van der Waals surface area contributed by atoms with E-state index in [0.717, 1.165) is 5.75 Å². The van der Waals surface area contributed by atoms with Gasteiger partial charge in [0, 0.05) is 5.75 Å². The van der Waals surface area contributed by atoms with Gasteiger partial charge in [0.2, 0.25) is 0 Å². The summed E-state index contributed by atoms with van der Waals surface area (Å²) in [5.41, 5.74) is 0. The molecule has 0 bridgehead atoms. The van der Waals surface area contributed by atoms with E-state index >= 15 is 0 Å². The molecular formula is C13H24O5S. The molecule has 0 unspecified atom stereocenters. The van der Waals surface area contributed by atoms with Gasteiger partial charge in [0.1, 0.15) is 6.61 Å². The lowest BCUT2D eigenvalue weighted by Gasteiger charge is -2.07. The average molecular weight is 292 g/mol. The number of hydrogen-bond donors (Lipinski definition) is 1. The monoisotopic (exact) mass is 292 g/mol. The normalized spacial score (nSPS) is 10.5. The van der Waals surface area contributed by atoms with Crippen LogP contribution in [0.15, 0.2) is 0 Å². The molecule has 0 rings (SSSR count). The van der Waals surface area contributed by atoms with Crippen LogP contribution in [0.5, 0.6) is 0 Å². The highest BCUT2D eigenvalue weighted by Crippen LogP contribution is 1.84. The quantitative estimate of drug-likeness (QED) is 0.272. The molecule has 19 heavy (non-hydrogen) atoms. The van der Waals surface area contributed by atoms with E-state index in [1.807, 2.05) is 0 Å². The SMILES string of the molecule is C#CCOCCOCCOCCOCCOCCS. The van der Waals surface area contributed by atoms with E-state index in [4.69, 9.17) is 30.1 Å². The average Bonchev–Trinajstić information content (AvgIpc) is 2.43. The molecule has 112 valence electrons. The molecule has 0 aromatic rings. The summed E-state index contributed by atoms with van der Waals surface area (Å²) in [5.74, 6) is 3.12. The highest BCUT2D eigenvalue weighted by Gasteiger charge is 1.92. The van der Waals surface area contributed by atoms with Gasteiger partial charge in [-0.05, 0) is 0 Å². The highest BCUT2D eigenvalue weighted by molar-refractivity contribution is 7.80. The summed E-state index contributed by atoms with van der Waals surface area (Å²) in [5, 5.41) is 0. The van der Waals surface area contributed by atoms with E-state index in [9.17, 15) is 0 Å². The first kappa shape index (κ1) is 18.7. The van der Waals surface area contributed by atoms with Crippen LogP contribution in [0.1, 0.15) is 0 Å². The van der Waals surface area contributed by atoms with Crippen LogP contribution in [-0.4, -0.2) is 71.8 Å². The summed E-state index contributed by atoms with van der Waals surface area (Å²) < 4.78 is 26.1. The largest absolute Gasteiger partial charge is 0.378 e. The van der Waals surface area contributed by atoms with Gasteiger partial charge in [0.15, 0.2) is 0 Å². The number of ether oxygens (including phenoxy) is 5. The topological polar surface area (TPSA) is 46.2 Å². The van der Waals surface area contributed by atoms with E-state index in [0.29, 0.717) is 66.1 Å². The van der Waals surface area contributed by atoms with Crippen molar-refractivity contribution in [2.45, 2.75) is 0 Å². The third kappa shape index (κ3) is 17.7. The molecule has 0 fully saturated rings. The van der Waals surface area contributed by atoms with Crippen molar-refractivity contribution in [1.29, 1.82) is 0 Å². The van der Waals surface area contributed by atoms with Crippen molar-refractivity contribution in [3.05, 3.63) is 0 Å². The molecule has 0 N–H and O–H groups in total. The maximum Gasteiger partial charge on any atom is 0.107 e. The van der Waals surface area contributed by atoms with Crippen molar-refractivity contribution in [1.82, 2.24) is 0 Å². The zero-order chi connectivity index (χ0) is 14.0. The molecule has 6 heteroatoms. The molecule has 0 saturated heterocycles. The van der Waals surface area contributed by atoms with Crippen molar-refractivity contribution < 1.29 is 23.7 Å². The molecule has 0 aromatic carbocycles. The maximum absolute atomic E-state index is 5.31. The minimum Gasteiger partial charge on any atom is -0.378 e. The lowest BCUT2D eigenvalue weighted by atomic mass is 10.7. The Hall–Kier alpha value is -0.290. The number of terminal acetylenes is 1. The van der Waals surface area contributed by atoms with Crippen molar-refractivity contribution in [2.24, 2.45) is 0 Å². The van der Waals surface area contributed by atoms with Gasteiger partial charge in [-0.1, -0.05) is 5.92 Å². The van der Waals surface area contributed by atoms with Crippen LogP contribution < -0.4 is 0 Å². The Labute approximate surface area is 121 Å². The van der Waals surface area contributed by atoms with Gasteiger partial charge < -0.3 is 23.7 Å². The van der Waals surface area contributed by atoms with Crippen molar-refractivity contribution in [3.63, 3.8) is 0 Å². The fourth-order valence-corrected chi connectivity index (χ4v) is 1.20. The summed E-state index contributed by atoms with van der Waals surface area (Å²) in [4.78, 5) is 0. The minimum absolute atomic E-state index is 0.328. The van der Waals surface area contributed by atoms with Crippen molar-refractivity contribution in [3.8, 4) is 12.3 Å². The molecule has 5 nitrogen and oxygen atoms in total. The Bertz CT molecular complexity index is 208. The summed E-state index contributed by atoms with van der Waals surface area (Å²) in [7, 11) is 0. The predicted octanol–water partition coefficient (Wildman–Crippen LogP) is 0.632. The molecular weight excluding hydrogens is 268 g/mol. The van der Waals surface area contributed by atoms with Crippen LogP contribution in [0.3, 0.4) is 0 Å². The second kappa shape index (κ2) is 17.7. The third-order valence-electron chi connectivity index (χ3n) is 1.91. The van der Waals surface area contributed by atoms with Crippen LogP contribution in [0.4, 0.5) is 0 Å². The second-order valence-electron chi connectivity index (χ2n) is 3.43. The van der Waals surface area contributed by atoms with Gasteiger partial charge in [-0.3, -0.25) is 0 Å². The molecule has 0 aromatic heterocycles. The molecule has 0 aliphatic carbocycles. The summed E-state index contributed by atoms with van der Waals surface area (Å²) in [6.45, 7) is 5.43. The lowest BCUT2D eigenvalue weighted by molar-refractivity contribution is -0.00805. The molecule has 0 spiro atoms. The Morgan fingerprint density at radius 1 is 0.632 bits per heavy atom. The summed E-state index contributed by atoms with van der Waals surface area (Å²) in [6.07, 6.45) is 5.02. The van der Waals surface area contributed by atoms with Gasteiger partial charge in [0.25, 0.3) is 0 Å². The number of thiol groups is 1. The first-order valence-corrected chi connectivity index (χ1v) is 6.98. The minimum atomic E-state index is 0.328. The maximum atomic E-state index is 5.31. The van der Waals surface area contributed by atoms with Crippen LogP contribution in [-0.2, 0) is 23.7 Å². The molecule has 0 aliphatic heterocycles. The Morgan fingerprint density at radius 3 is 1.37 bits per heavy atom. The van der Waals surface area contributed by atoms with Gasteiger partial charge in [-0.25, -0.2) is 0 Å². The van der Waals surface area contributed by atoms with E-state index in [-0.39, 0.29) is 0 Å². The molecule has 0 aliphatic rings. The lowest BCUT2D eigenvalue weighted by Crippen LogP contribution is -2.13. The smallest absolute Gasteiger partial charge is 0.107 e. The highest BCUT2D eigenvalue weighted by atomic mass is 32.1. The van der Waals surface area contributed by atoms with E-state index in [2.05, 4.69) is 18.5 Å². The Balaban J connectivity index is 2.90. The zero-order valence-electron chi connectivity index (χ0n) is 11.3. The zero-order valence-corrected chi connectivity index (χ0v) is 12.2. The summed E-state index contributed by atoms with van der Waals surface area (Å²) >= 11 is 4.03. The van der Waals surface area contributed by atoms with Crippen LogP contribution in [0, 0.1) is 12.3 Å². The fraction of sp³-hybridized carbons (Fsp3) is 0.846.